The number of aromatic nitrogens is 2. The Labute approximate surface area is 81.4 Å². The number of methoxy groups -OCH3 is 1. The summed E-state index contributed by atoms with van der Waals surface area (Å²) in [6, 6.07) is -0.578. The fourth-order valence-corrected chi connectivity index (χ4v) is 0.879. The molecule has 6 heteroatoms. The van der Waals surface area contributed by atoms with Crippen LogP contribution >= 0.6 is 0 Å². The zero-order chi connectivity index (χ0) is 10.6. The Bertz CT molecular complexity index is 311. The van der Waals surface area contributed by atoms with Gasteiger partial charge >= 0.3 is 0 Å². The quantitative estimate of drug-likeness (QED) is 0.678. The molecule has 0 aliphatic carbocycles. The lowest BCUT2D eigenvalue weighted by molar-refractivity contribution is 0.0916. The fraction of sp³-hybridized carbons (Fsp3) is 0.625. The summed E-state index contributed by atoms with van der Waals surface area (Å²) in [7, 11) is 1.50. The Morgan fingerprint density at radius 2 is 2.36 bits per heavy atom. The molecule has 0 fully saturated rings. The normalized spacial score (nSPS) is 12.8. The molecule has 0 saturated heterocycles. The Morgan fingerprint density at radius 3 is 2.93 bits per heavy atom. The topological polar surface area (TPSA) is 91.2 Å². The zero-order valence-electron chi connectivity index (χ0n) is 8.19. The van der Waals surface area contributed by atoms with E-state index in [0.29, 0.717) is 6.42 Å². The largest absolute Gasteiger partial charge is 0.416 e. The average Bonchev–Trinajstić information content (AvgIpc) is 2.64. The number of carbonyl (C=O) groups excluding carboxylic acids is 1. The summed E-state index contributed by atoms with van der Waals surface area (Å²) in [5.41, 5.74) is 5.52. The van der Waals surface area contributed by atoms with Gasteiger partial charge in [-0.2, -0.15) is 0 Å². The van der Waals surface area contributed by atoms with Gasteiger partial charge in [0.15, 0.2) is 0 Å². The summed E-state index contributed by atoms with van der Waals surface area (Å²) < 4.78 is 9.80. The summed E-state index contributed by atoms with van der Waals surface area (Å²) in [6.45, 7) is 2.01. The Balaban J connectivity index is 2.71. The highest BCUT2D eigenvalue weighted by molar-refractivity contribution is 5.95. The number of carbonyl (C=O) groups is 1. The maximum atomic E-state index is 11.4. The second-order valence-corrected chi connectivity index (χ2v) is 2.81. The minimum atomic E-state index is -0.578. The molecule has 0 amide bonds. The van der Waals surface area contributed by atoms with Gasteiger partial charge in [-0.05, 0) is 6.42 Å². The first-order chi connectivity index (χ1) is 6.69. The predicted octanol–water partition coefficient (Wildman–Crippen LogP) is 0.136. The van der Waals surface area contributed by atoms with E-state index in [0.717, 1.165) is 0 Å². The van der Waals surface area contributed by atoms with E-state index >= 15 is 0 Å². The fourth-order valence-electron chi connectivity index (χ4n) is 0.879. The van der Waals surface area contributed by atoms with Crippen LogP contribution in [0.2, 0.25) is 0 Å². The molecule has 0 spiro atoms. The SMILES string of the molecule is CCC(N)C(=O)c1nnc(COC)o1. The second-order valence-electron chi connectivity index (χ2n) is 2.81. The van der Waals surface area contributed by atoms with Gasteiger partial charge in [0, 0.05) is 7.11 Å². The molecule has 6 nitrogen and oxygen atoms in total. The number of nitrogens with two attached hydrogens (primary N) is 1. The highest BCUT2D eigenvalue weighted by Crippen LogP contribution is 2.04. The summed E-state index contributed by atoms with van der Waals surface area (Å²) in [5.74, 6) is -0.104. The van der Waals surface area contributed by atoms with Crippen molar-refractivity contribution < 1.29 is 13.9 Å². The Kier molecular flexibility index (Phi) is 3.73. The van der Waals surface area contributed by atoms with Crippen molar-refractivity contribution in [3.8, 4) is 0 Å². The second kappa shape index (κ2) is 4.83. The maximum absolute atomic E-state index is 11.4. The van der Waals surface area contributed by atoms with Gasteiger partial charge in [0.05, 0.1) is 6.04 Å². The Morgan fingerprint density at radius 1 is 1.64 bits per heavy atom. The highest BCUT2D eigenvalue weighted by Gasteiger charge is 2.20. The lowest BCUT2D eigenvalue weighted by Crippen LogP contribution is -2.29. The van der Waals surface area contributed by atoms with E-state index in [4.69, 9.17) is 14.9 Å². The smallest absolute Gasteiger partial charge is 0.285 e. The monoisotopic (exact) mass is 199 g/mol. The van der Waals surface area contributed by atoms with Crippen LogP contribution in [0.15, 0.2) is 4.42 Å². The van der Waals surface area contributed by atoms with E-state index in [2.05, 4.69) is 10.2 Å². The van der Waals surface area contributed by atoms with Crippen LogP contribution in [0.5, 0.6) is 0 Å². The van der Waals surface area contributed by atoms with Crippen LogP contribution in [-0.2, 0) is 11.3 Å². The molecule has 0 aliphatic heterocycles. The molecular formula is C8H13N3O3. The number of ketones is 1. The van der Waals surface area contributed by atoms with Gasteiger partial charge < -0.3 is 14.9 Å². The van der Waals surface area contributed by atoms with Crippen molar-refractivity contribution in [1.29, 1.82) is 0 Å². The molecule has 78 valence electrons. The Hall–Kier alpha value is -1.27. The molecule has 1 unspecified atom stereocenters. The van der Waals surface area contributed by atoms with Crippen molar-refractivity contribution in [2.45, 2.75) is 26.0 Å². The molecular weight excluding hydrogens is 186 g/mol. The first-order valence-corrected chi connectivity index (χ1v) is 4.30. The van der Waals surface area contributed by atoms with Gasteiger partial charge in [-0.1, -0.05) is 6.92 Å². The van der Waals surface area contributed by atoms with Gasteiger partial charge in [0.1, 0.15) is 6.61 Å². The van der Waals surface area contributed by atoms with E-state index in [1.54, 1.807) is 0 Å². The molecule has 0 saturated carbocycles. The third-order valence-corrected chi connectivity index (χ3v) is 1.72. The van der Waals surface area contributed by atoms with E-state index in [-0.39, 0.29) is 24.2 Å². The standard InChI is InChI=1S/C8H13N3O3/c1-3-5(9)7(12)8-11-10-6(14-8)4-13-2/h5H,3-4,9H2,1-2H3. The molecule has 1 atom stereocenters. The van der Waals surface area contributed by atoms with Gasteiger partial charge in [-0.25, -0.2) is 0 Å². The van der Waals surface area contributed by atoms with Crippen LogP contribution in [0.4, 0.5) is 0 Å². The lowest BCUT2D eigenvalue weighted by Gasteiger charge is -2.01. The molecule has 14 heavy (non-hydrogen) atoms. The molecule has 1 aromatic heterocycles. The van der Waals surface area contributed by atoms with E-state index in [1.165, 1.54) is 7.11 Å². The predicted molar refractivity (Wildman–Crippen MR) is 47.6 cm³/mol. The van der Waals surface area contributed by atoms with Crippen LogP contribution < -0.4 is 5.73 Å². The number of hydrogen-bond acceptors (Lipinski definition) is 6. The highest BCUT2D eigenvalue weighted by atomic mass is 16.5. The number of rotatable bonds is 5. The van der Waals surface area contributed by atoms with Crippen LogP contribution in [0.25, 0.3) is 0 Å². The van der Waals surface area contributed by atoms with E-state index in [1.807, 2.05) is 6.92 Å². The molecule has 0 aromatic carbocycles. The molecule has 1 aromatic rings. The lowest BCUT2D eigenvalue weighted by atomic mass is 10.1. The van der Waals surface area contributed by atoms with E-state index in [9.17, 15) is 4.79 Å². The van der Waals surface area contributed by atoms with Gasteiger partial charge in [-0.15, -0.1) is 10.2 Å². The van der Waals surface area contributed by atoms with Crippen molar-refractivity contribution in [3.05, 3.63) is 11.8 Å². The van der Waals surface area contributed by atoms with Crippen LogP contribution in [-0.4, -0.2) is 29.1 Å². The molecule has 1 heterocycles. The van der Waals surface area contributed by atoms with E-state index < -0.39 is 6.04 Å². The summed E-state index contributed by atoms with van der Waals surface area (Å²) in [5, 5.41) is 7.20. The van der Waals surface area contributed by atoms with Crippen molar-refractivity contribution >= 4 is 5.78 Å². The van der Waals surface area contributed by atoms with Gasteiger partial charge in [0.25, 0.3) is 5.89 Å². The van der Waals surface area contributed by atoms with Crippen LogP contribution in [0.3, 0.4) is 0 Å². The van der Waals surface area contributed by atoms with Crippen molar-refractivity contribution in [2.75, 3.05) is 7.11 Å². The molecule has 0 aliphatic rings. The minimum Gasteiger partial charge on any atom is -0.416 e. The van der Waals surface area contributed by atoms with Crippen LogP contribution in [0, 0.1) is 0 Å². The van der Waals surface area contributed by atoms with Crippen molar-refractivity contribution in [2.24, 2.45) is 5.73 Å². The summed E-state index contributed by atoms with van der Waals surface area (Å²) >= 11 is 0. The van der Waals surface area contributed by atoms with Gasteiger partial charge in [0.2, 0.25) is 11.7 Å². The molecule has 2 N–H and O–H groups in total. The van der Waals surface area contributed by atoms with Crippen LogP contribution in [0.1, 0.15) is 29.9 Å². The van der Waals surface area contributed by atoms with Crippen molar-refractivity contribution in [3.63, 3.8) is 0 Å². The average molecular weight is 199 g/mol. The van der Waals surface area contributed by atoms with Crippen molar-refractivity contribution in [1.82, 2.24) is 10.2 Å². The third kappa shape index (κ3) is 2.36. The number of nitrogens with zero attached hydrogens (tertiary/aromatic N) is 2. The first-order valence-electron chi connectivity index (χ1n) is 4.30. The minimum absolute atomic E-state index is 0.0496. The number of hydrogen-bond donors (Lipinski definition) is 1. The first kappa shape index (κ1) is 10.8. The molecule has 1 rings (SSSR count). The zero-order valence-corrected chi connectivity index (χ0v) is 8.19. The number of Topliss-reactive ketones (excluding diaryl/α,β-unsaturated/α-hetero) is 1. The summed E-state index contributed by atoms with van der Waals surface area (Å²) in [6.07, 6.45) is 0.542. The third-order valence-electron chi connectivity index (χ3n) is 1.72. The molecule has 0 radical (unpaired) electrons. The maximum Gasteiger partial charge on any atom is 0.285 e. The number of ether oxygens (including phenoxy) is 1. The molecule has 0 bridgehead atoms. The van der Waals surface area contributed by atoms with Gasteiger partial charge in [-0.3, -0.25) is 4.79 Å². The summed E-state index contributed by atoms with van der Waals surface area (Å²) in [4.78, 5) is 11.4.